The van der Waals surface area contributed by atoms with E-state index in [0.717, 1.165) is 0 Å². The monoisotopic (exact) mass is 182 g/mol. The van der Waals surface area contributed by atoms with Crippen LogP contribution in [-0.4, -0.2) is 80.7 Å². The zero-order valence-electron chi connectivity index (χ0n) is 2.75. The van der Waals surface area contributed by atoms with Crippen molar-refractivity contribution in [3.63, 3.8) is 0 Å². The van der Waals surface area contributed by atoms with Gasteiger partial charge in [0.05, 0.1) is 0 Å². The van der Waals surface area contributed by atoms with Crippen molar-refractivity contribution in [2.75, 3.05) is 0 Å². The molecule has 0 aliphatic rings. The predicted octanol–water partition coefficient (Wildman–Crippen LogP) is -3.39. The van der Waals surface area contributed by atoms with Gasteiger partial charge in [-0.2, -0.15) is 0 Å². The van der Waals surface area contributed by atoms with Crippen LogP contribution in [0.5, 0.6) is 0 Å². The number of hydrogen-bond acceptors (Lipinski definition) is 1. The van der Waals surface area contributed by atoms with Crippen LogP contribution in [0, 0.1) is 0 Å². The van der Waals surface area contributed by atoms with Crippen LogP contribution >= 0.6 is 6.24 Å². The van der Waals surface area contributed by atoms with Gasteiger partial charge in [-0.1, -0.05) is 0 Å². The molecule has 0 aliphatic carbocycles. The summed E-state index contributed by atoms with van der Waals surface area (Å²) in [4.78, 5) is 15.4. The summed E-state index contributed by atoms with van der Waals surface area (Å²) in [6, 6.07) is 0. The van der Waals surface area contributed by atoms with E-state index in [9.17, 15) is 4.57 Å². The van der Waals surface area contributed by atoms with Gasteiger partial charge in [0.15, 0.2) is 17.4 Å². The van der Waals surface area contributed by atoms with E-state index < -0.39 is 6.24 Å². The quantitative estimate of drug-likeness (QED) is 0.303. The molecule has 40 valence electrons. The van der Waals surface area contributed by atoms with E-state index >= 15 is 0 Å². The Labute approximate surface area is 90.2 Å². The molecule has 7 heavy (non-hydrogen) atoms. The minimum atomic E-state index is -3.50. The zero-order valence-corrected chi connectivity index (χ0v) is 5.64. The van der Waals surface area contributed by atoms with Crippen molar-refractivity contribution >= 4 is 77.2 Å². The van der Waals surface area contributed by atoms with Crippen LogP contribution < -0.4 is 0 Å². The first-order valence-corrected chi connectivity index (χ1v) is 5.77. The van der Waals surface area contributed by atoms with Crippen LogP contribution in [0.15, 0.2) is 0 Å². The average molecular weight is 182 g/mol. The Morgan fingerprint density at radius 2 is 1.43 bits per heavy atom. The average Bonchev–Trinajstić information content (AvgIpc) is 0.722. The second-order valence-electron chi connectivity index (χ2n) is 0.835. The number of rotatable bonds is 0. The third kappa shape index (κ3) is 58.0. The van der Waals surface area contributed by atoms with E-state index in [1.165, 1.54) is 0 Å². The van der Waals surface area contributed by atoms with E-state index in [0.29, 0.717) is 0 Å². The normalized spacial score (nSPS) is 8.29. The SMILES string of the molecule is O=[P](O)(O)[AlH2].[AlH3].[CaH2]. The second-order valence-corrected chi connectivity index (χ2v) is 6.00. The summed E-state index contributed by atoms with van der Waals surface area (Å²) in [7, 11) is 0. The van der Waals surface area contributed by atoms with E-state index in [-0.39, 0.29) is 70.9 Å². The van der Waals surface area contributed by atoms with Crippen molar-refractivity contribution in [1.29, 1.82) is 0 Å². The van der Waals surface area contributed by atoms with Gasteiger partial charge in [0, 0.05) is 0 Å². The van der Waals surface area contributed by atoms with Crippen molar-refractivity contribution in [2.24, 2.45) is 0 Å². The molecule has 0 aromatic heterocycles. The van der Waals surface area contributed by atoms with Crippen LogP contribution in [0.1, 0.15) is 0 Å². The maximum absolute atomic E-state index is 9.39. The van der Waals surface area contributed by atoms with Gasteiger partial charge >= 0.3 is 53.6 Å². The van der Waals surface area contributed by atoms with Gasteiger partial charge in [-0.3, -0.25) is 4.57 Å². The maximum atomic E-state index is 9.39. The summed E-state index contributed by atoms with van der Waals surface area (Å²) in [6.45, 7) is 0. The van der Waals surface area contributed by atoms with Crippen LogP contribution in [0.2, 0.25) is 0 Å². The topological polar surface area (TPSA) is 57.5 Å². The van der Waals surface area contributed by atoms with Gasteiger partial charge in [0.2, 0.25) is 6.24 Å². The molecule has 0 aliphatic heterocycles. The van der Waals surface area contributed by atoms with E-state index in [1.54, 1.807) is 0 Å². The summed E-state index contributed by atoms with van der Waals surface area (Å²) >= 11 is -0.0255. The molecule has 0 fully saturated rings. The minimum absolute atomic E-state index is 0. The van der Waals surface area contributed by atoms with Crippen LogP contribution in [0.25, 0.3) is 0 Å². The Bertz CT molecular complexity index is 59.1. The Morgan fingerprint density at radius 3 is 1.43 bits per heavy atom. The molecule has 0 heterocycles. The molecule has 3 nitrogen and oxygen atoms in total. The molecule has 0 amide bonds. The van der Waals surface area contributed by atoms with Crippen molar-refractivity contribution in [2.45, 2.75) is 0 Å². The molecule has 0 unspecified atom stereocenters. The van der Waals surface area contributed by atoms with Gasteiger partial charge in [-0.05, 0) is 0 Å². The molecule has 2 N–H and O–H groups in total. The zero-order chi connectivity index (χ0) is 4.50. The van der Waals surface area contributed by atoms with Crippen molar-refractivity contribution in [1.82, 2.24) is 0 Å². The molecular weight excluding hydrogens is 173 g/mol. The van der Waals surface area contributed by atoms with Gasteiger partial charge in [-0.25, -0.2) is 0 Å². The standard InChI is InChI=1S/2Al.Ca.HO3P.7H/c;;;1-4(2)3;;;;;;;/h;;;(H-,1,2,3);;;;;;;/q;-1;;;;;;;;;/p+1. The summed E-state index contributed by atoms with van der Waals surface area (Å²) in [5, 5.41) is 0. The summed E-state index contributed by atoms with van der Waals surface area (Å²) in [5.74, 6) is 0. The van der Waals surface area contributed by atoms with E-state index in [1.807, 2.05) is 0 Å². The molecule has 0 rings (SSSR count). The molecular formula is H9Al2CaO3P. The molecule has 0 bridgehead atoms. The van der Waals surface area contributed by atoms with Gasteiger partial charge < -0.3 is 9.79 Å². The van der Waals surface area contributed by atoms with Gasteiger partial charge in [0.1, 0.15) is 0 Å². The molecule has 7 heteroatoms. The fraction of sp³-hybridized carbons (Fsp3) is 0. The van der Waals surface area contributed by atoms with E-state index in [2.05, 4.69) is 0 Å². The molecule has 0 radical (unpaired) electrons. The molecule has 0 aromatic carbocycles. The molecule has 0 saturated heterocycles. The predicted molar refractivity (Wildman–Crippen MR) is 39.1 cm³/mol. The first-order chi connectivity index (χ1) is 2.00. The van der Waals surface area contributed by atoms with Gasteiger partial charge in [0.25, 0.3) is 0 Å². The fourth-order valence-electron chi connectivity index (χ4n) is 0. The second kappa shape index (κ2) is 6.59. The first kappa shape index (κ1) is 16.2. The third-order valence-corrected chi connectivity index (χ3v) is 0. The summed E-state index contributed by atoms with van der Waals surface area (Å²) < 4.78 is 9.39. The molecule has 0 aromatic rings. The molecule has 0 saturated carbocycles. The fourth-order valence-corrected chi connectivity index (χ4v) is 0. The Kier molecular flexibility index (Phi) is 15.3. The van der Waals surface area contributed by atoms with Crippen LogP contribution in [0.4, 0.5) is 0 Å². The summed E-state index contributed by atoms with van der Waals surface area (Å²) in [5.41, 5.74) is 0. The Hall–Kier alpha value is 2.47. The Balaban J connectivity index is -0.0000000800. The van der Waals surface area contributed by atoms with Crippen LogP contribution in [-0.2, 0) is 4.57 Å². The van der Waals surface area contributed by atoms with Crippen LogP contribution in [0.3, 0.4) is 0 Å². The van der Waals surface area contributed by atoms with Crippen molar-refractivity contribution in [3.8, 4) is 0 Å². The summed E-state index contributed by atoms with van der Waals surface area (Å²) in [6.07, 6.45) is -3.50. The molecule has 0 spiro atoms. The number of hydrogen-bond donors (Lipinski definition) is 2. The van der Waals surface area contributed by atoms with E-state index in [4.69, 9.17) is 9.79 Å². The molecule has 0 atom stereocenters. The Morgan fingerprint density at radius 1 is 1.43 bits per heavy atom. The van der Waals surface area contributed by atoms with Crippen molar-refractivity contribution < 1.29 is 14.4 Å². The van der Waals surface area contributed by atoms with Crippen molar-refractivity contribution in [3.05, 3.63) is 0 Å². The third-order valence-electron chi connectivity index (χ3n) is 0. The first-order valence-electron chi connectivity index (χ1n) is 1.03. The van der Waals surface area contributed by atoms with Gasteiger partial charge in [-0.15, -0.1) is 0 Å².